The predicted molar refractivity (Wildman–Crippen MR) is 71.5 cm³/mol. The number of benzene rings is 1. The van der Waals surface area contributed by atoms with Crippen LogP contribution >= 0.6 is 23.4 Å². The maximum Gasteiger partial charge on any atom is 0.0471 e. The lowest BCUT2D eigenvalue weighted by atomic mass is 9.92. The summed E-state index contributed by atoms with van der Waals surface area (Å²) in [5.41, 5.74) is 2.42. The van der Waals surface area contributed by atoms with Crippen LogP contribution in [0, 0.1) is 0 Å². The molecule has 0 saturated carbocycles. The molecule has 0 radical (unpaired) electrons. The van der Waals surface area contributed by atoms with Gasteiger partial charge in [-0.2, -0.15) is 11.8 Å². The number of aliphatic hydroxyl groups excluding tert-OH is 1. The van der Waals surface area contributed by atoms with Crippen LogP contribution < -0.4 is 0 Å². The molecule has 1 aromatic rings. The van der Waals surface area contributed by atoms with Crippen molar-refractivity contribution in [3.63, 3.8) is 0 Å². The summed E-state index contributed by atoms with van der Waals surface area (Å²) < 4.78 is 0. The summed E-state index contributed by atoms with van der Waals surface area (Å²) >= 11 is 8.34. The molecule has 16 heavy (non-hydrogen) atoms. The van der Waals surface area contributed by atoms with E-state index in [0.717, 1.165) is 10.6 Å². The Morgan fingerprint density at radius 3 is 2.69 bits per heavy atom. The normalized spacial score (nSPS) is 17.6. The Balaban J connectivity index is 2.14. The first-order valence-electron chi connectivity index (χ1n) is 5.78. The van der Waals surface area contributed by atoms with Gasteiger partial charge in [0.05, 0.1) is 0 Å². The smallest absolute Gasteiger partial charge is 0.0471 e. The van der Waals surface area contributed by atoms with E-state index in [1.807, 2.05) is 17.8 Å². The van der Waals surface area contributed by atoms with E-state index in [0.29, 0.717) is 12.3 Å². The maximum atomic E-state index is 8.88. The van der Waals surface area contributed by atoms with Gasteiger partial charge < -0.3 is 5.11 Å². The van der Waals surface area contributed by atoms with Crippen molar-refractivity contribution < 1.29 is 5.11 Å². The second-order valence-corrected chi connectivity index (χ2v) is 5.85. The third-order valence-electron chi connectivity index (χ3n) is 3.13. The van der Waals surface area contributed by atoms with E-state index < -0.39 is 0 Å². The highest BCUT2D eigenvalue weighted by atomic mass is 35.5. The van der Waals surface area contributed by atoms with Gasteiger partial charge in [0.15, 0.2) is 0 Å². The van der Waals surface area contributed by atoms with Crippen LogP contribution in [0.1, 0.15) is 29.9 Å². The predicted octanol–water partition coefficient (Wildman–Crippen LogP) is 3.49. The second-order valence-electron chi connectivity index (χ2n) is 4.22. The fourth-order valence-corrected chi connectivity index (χ4v) is 3.66. The zero-order chi connectivity index (χ0) is 11.4. The number of thioether (sulfide) groups is 1. The van der Waals surface area contributed by atoms with E-state index in [-0.39, 0.29) is 6.61 Å². The van der Waals surface area contributed by atoms with E-state index in [1.54, 1.807) is 0 Å². The van der Waals surface area contributed by atoms with Gasteiger partial charge in [-0.15, -0.1) is 0 Å². The van der Waals surface area contributed by atoms with Gasteiger partial charge in [-0.3, -0.25) is 0 Å². The molecule has 1 aliphatic heterocycles. The number of rotatable bonds is 3. The minimum absolute atomic E-state index is 0.190. The van der Waals surface area contributed by atoms with Crippen LogP contribution in [-0.2, 0) is 6.42 Å². The van der Waals surface area contributed by atoms with Gasteiger partial charge in [-0.1, -0.05) is 23.7 Å². The molecule has 88 valence electrons. The van der Waals surface area contributed by atoms with Crippen LogP contribution in [0.15, 0.2) is 18.2 Å². The molecule has 1 N–H and O–H groups in total. The van der Waals surface area contributed by atoms with Crippen molar-refractivity contribution in [1.29, 1.82) is 0 Å². The summed E-state index contributed by atoms with van der Waals surface area (Å²) in [6, 6.07) is 6.25. The molecule has 3 heteroatoms. The highest BCUT2D eigenvalue weighted by Gasteiger charge is 2.18. The van der Waals surface area contributed by atoms with Crippen LogP contribution in [0.2, 0.25) is 5.02 Å². The Morgan fingerprint density at radius 1 is 1.31 bits per heavy atom. The minimum Gasteiger partial charge on any atom is -0.396 e. The summed E-state index contributed by atoms with van der Waals surface area (Å²) in [5, 5.41) is 9.76. The van der Waals surface area contributed by atoms with Crippen LogP contribution in [0.25, 0.3) is 0 Å². The summed E-state index contributed by atoms with van der Waals surface area (Å²) in [6.07, 6.45) is 3.17. The highest BCUT2D eigenvalue weighted by Crippen LogP contribution is 2.35. The summed E-state index contributed by atoms with van der Waals surface area (Å²) in [4.78, 5) is 0. The molecule has 0 spiro atoms. The van der Waals surface area contributed by atoms with E-state index in [4.69, 9.17) is 16.7 Å². The molecule has 0 bridgehead atoms. The molecule has 1 saturated heterocycles. The Morgan fingerprint density at radius 2 is 2.06 bits per heavy atom. The van der Waals surface area contributed by atoms with Crippen molar-refractivity contribution in [3.05, 3.63) is 34.3 Å². The van der Waals surface area contributed by atoms with Gasteiger partial charge in [0.1, 0.15) is 0 Å². The third kappa shape index (κ3) is 2.93. The van der Waals surface area contributed by atoms with Gasteiger partial charge in [0.25, 0.3) is 0 Å². The fourth-order valence-electron chi connectivity index (χ4n) is 2.19. The third-order valence-corrected chi connectivity index (χ3v) is 4.50. The van der Waals surface area contributed by atoms with E-state index in [9.17, 15) is 0 Å². The first kappa shape index (κ1) is 12.3. The quantitative estimate of drug-likeness (QED) is 0.894. The SMILES string of the molecule is OCCc1ccc(C2CCSCC2)c(Cl)c1. The molecule has 1 nitrogen and oxygen atoms in total. The van der Waals surface area contributed by atoms with Crippen molar-refractivity contribution in [2.75, 3.05) is 18.1 Å². The van der Waals surface area contributed by atoms with Crippen LogP contribution in [0.3, 0.4) is 0 Å². The molecule has 1 fully saturated rings. The lowest BCUT2D eigenvalue weighted by molar-refractivity contribution is 0.299. The minimum atomic E-state index is 0.190. The zero-order valence-corrected chi connectivity index (χ0v) is 10.9. The summed E-state index contributed by atoms with van der Waals surface area (Å²) in [7, 11) is 0. The fraction of sp³-hybridized carbons (Fsp3) is 0.538. The van der Waals surface area contributed by atoms with Crippen LogP contribution in [0.4, 0.5) is 0 Å². The van der Waals surface area contributed by atoms with Crippen LogP contribution in [-0.4, -0.2) is 23.2 Å². The number of hydrogen-bond acceptors (Lipinski definition) is 2. The van der Waals surface area contributed by atoms with E-state index in [2.05, 4.69) is 12.1 Å². The average Bonchev–Trinajstić information content (AvgIpc) is 2.31. The number of halogens is 1. The largest absolute Gasteiger partial charge is 0.396 e. The van der Waals surface area contributed by atoms with Gasteiger partial charge in [-0.25, -0.2) is 0 Å². The monoisotopic (exact) mass is 256 g/mol. The van der Waals surface area contributed by atoms with Crippen molar-refractivity contribution >= 4 is 23.4 Å². The molecule has 1 aromatic carbocycles. The van der Waals surface area contributed by atoms with Gasteiger partial charge in [0.2, 0.25) is 0 Å². The molecule has 0 atom stereocenters. The Hall–Kier alpha value is -0.180. The van der Waals surface area contributed by atoms with Gasteiger partial charge >= 0.3 is 0 Å². The summed E-state index contributed by atoms with van der Waals surface area (Å²) in [6.45, 7) is 0.190. The van der Waals surface area contributed by atoms with Crippen molar-refractivity contribution in [2.24, 2.45) is 0 Å². The van der Waals surface area contributed by atoms with Crippen molar-refractivity contribution in [3.8, 4) is 0 Å². The van der Waals surface area contributed by atoms with Crippen molar-refractivity contribution in [1.82, 2.24) is 0 Å². The number of aliphatic hydroxyl groups is 1. The standard InChI is InChI=1S/C13H17ClOS/c14-13-9-10(3-6-15)1-2-12(13)11-4-7-16-8-5-11/h1-2,9,11,15H,3-8H2. The van der Waals surface area contributed by atoms with Gasteiger partial charge in [-0.05, 0) is 53.9 Å². The van der Waals surface area contributed by atoms with Crippen LogP contribution in [0.5, 0.6) is 0 Å². The topological polar surface area (TPSA) is 20.2 Å². The molecule has 1 heterocycles. The highest BCUT2D eigenvalue weighted by molar-refractivity contribution is 7.99. The molecule has 1 aliphatic rings. The molecular formula is C13H17ClOS. The zero-order valence-electron chi connectivity index (χ0n) is 9.29. The van der Waals surface area contributed by atoms with Crippen molar-refractivity contribution in [2.45, 2.75) is 25.2 Å². The Bertz CT molecular complexity index is 348. The van der Waals surface area contributed by atoms with E-state index in [1.165, 1.54) is 29.9 Å². The van der Waals surface area contributed by atoms with E-state index >= 15 is 0 Å². The second kappa shape index (κ2) is 5.95. The Kier molecular flexibility index (Phi) is 4.56. The first-order chi connectivity index (χ1) is 7.81. The first-order valence-corrected chi connectivity index (χ1v) is 7.31. The molecule has 2 rings (SSSR count). The maximum absolute atomic E-state index is 8.88. The molecular weight excluding hydrogens is 240 g/mol. The molecule has 0 aromatic heterocycles. The average molecular weight is 257 g/mol. The molecule has 0 amide bonds. The summed E-state index contributed by atoms with van der Waals surface area (Å²) in [5.74, 6) is 3.13. The Labute approximate surface area is 106 Å². The lowest BCUT2D eigenvalue weighted by Gasteiger charge is -2.23. The molecule has 0 unspecified atom stereocenters. The number of hydrogen-bond donors (Lipinski definition) is 1. The lowest BCUT2D eigenvalue weighted by Crippen LogP contribution is -2.08. The molecule has 0 aliphatic carbocycles. The van der Waals surface area contributed by atoms with Gasteiger partial charge in [0, 0.05) is 11.6 Å².